The number of hydrogen-bond acceptors (Lipinski definition) is 3. The minimum atomic E-state index is -0.0409. The molecule has 0 spiro atoms. The SMILES string of the molecule is Nc1cc2nc[nH]c2cc1CO. The Kier molecular flexibility index (Phi) is 1.48. The molecule has 2 rings (SSSR count). The van der Waals surface area contributed by atoms with Crippen LogP contribution in [-0.4, -0.2) is 15.1 Å². The van der Waals surface area contributed by atoms with Crippen LogP contribution in [0.25, 0.3) is 11.0 Å². The second-order valence-corrected chi connectivity index (χ2v) is 2.63. The largest absolute Gasteiger partial charge is 0.398 e. The Balaban J connectivity index is 2.73. The third kappa shape index (κ3) is 0.931. The molecule has 0 saturated carbocycles. The molecule has 0 amide bonds. The van der Waals surface area contributed by atoms with E-state index in [0.29, 0.717) is 5.69 Å². The zero-order valence-corrected chi connectivity index (χ0v) is 6.41. The van der Waals surface area contributed by atoms with Gasteiger partial charge in [-0.2, -0.15) is 0 Å². The van der Waals surface area contributed by atoms with Crippen LogP contribution in [0, 0.1) is 0 Å². The number of aromatic nitrogens is 2. The summed E-state index contributed by atoms with van der Waals surface area (Å²) in [6.07, 6.45) is 1.60. The van der Waals surface area contributed by atoms with E-state index in [1.165, 1.54) is 0 Å². The number of aliphatic hydroxyl groups excluding tert-OH is 1. The summed E-state index contributed by atoms with van der Waals surface area (Å²) >= 11 is 0. The van der Waals surface area contributed by atoms with Crippen molar-refractivity contribution in [2.45, 2.75) is 6.61 Å². The maximum absolute atomic E-state index is 8.90. The van der Waals surface area contributed by atoms with Gasteiger partial charge in [0.2, 0.25) is 0 Å². The minimum Gasteiger partial charge on any atom is -0.398 e. The first-order chi connectivity index (χ1) is 5.81. The van der Waals surface area contributed by atoms with Crippen LogP contribution in [0.15, 0.2) is 18.5 Å². The van der Waals surface area contributed by atoms with E-state index >= 15 is 0 Å². The highest BCUT2D eigenvalue weighted by molar-refractivity contribution is 5.80. The van der Waals surface area contributed by atoms with Crippen molar-refractivity contribution in [3.8, 4) is 0 Å². The highest BCUT2D eigenvalue weighted by atomic mass is 16.3. The summed E-state index contributed by atoms with van der Waals surface area (Å²) < 4.78 is 0. The Hall–Kier alpha value is -1.55. The summed E-state index contributed by atoms with van der Waals surface area (Å²) in [5.74, 6) is 0. The Morgan fingerprint density at radius 2 is 2.33 bits per heavy atom. The van der Waals surface area contributed by atoms with Gasteiger partial charge in [-0.15, -0.1) is 0 Å². The van der Waals surface area contributed by atoms with Crippen LogP contribution in [0.3, 0.4) is 0 Å². The molecule has 12 heavy (non-hydrogen) atoms. The molecule has 0 aliphatic rings. The number of nitrogen functional groups attached to an aromatic ring is 1. The molecule has 0 aliphatic carbocycles. The van der Waals surface area contributed by atoms with E-state index in [2.05, 4.69) is 9.97 Å². The molecule has 1 heterocycles. The van der Waals surface area contributed by atoms with Crippen LogP contribution >= 0.6 is 0 Å². The van der Waals surface area contributed by atoms with Crippen LogP contribution < -0.4 is 5.73 Å². The van der Waals surface area contributed by atoms with Crippen molar-refractivity contribution in [2.24, 2.45) is 0 Å². The van der Waals surface area contributed by atoms with Gasteiger partial charge in [0.15, 0.2) is 0 Å². The smallest absolute Gasteiger partial charge is 0.0931 e. The van der Waals surface area contributed by atoms with Gasteiger partial charge in [-0.1, -0.05) is 0 Å². The zero-order chi connectivity index (χ0) is 8.55. The topological polar surface area (TPSA) is 74.9 Å². The summed E-state index contributed by atoms with van der Waals surface area (Å²) in [6.45, 7) is -0.0409. The minimum absolute atomic E-state index is 0.0409. The third-order valence-corrected chi connectivity index (χ3v) is 1.85. The Labute approximate surface area is 69.0 Å². The molecule has 62 valence electrons. The van der Waals surface area contributed by atoms with E-state index < -0.39 is 0 Å². The first kappa shape index (κ1) is 7.12. The van der Waals surface area contributed by atoms with Gasteiger partial charge in [-0.25, -0.2) is 4.98 Å². The number of benzene rings is 1. The number of nitrogens with one attached hydrogen (secondary N) is 1. The van der Waals surface area contributed by atoms with Gasteiger partial charge >= 0.3 is 0 Å². The molecule has 0 atom stereocenters. The van der Waals surface area contributed by atoms with E-state index in [1.807, 2.05) is 0 Å². The maximum Gasteiger partial charge on any atom is 0.0931 e. The monoisotopic (exact) mass is 163 g/mol. The van der Waals surface area contributed by atoms with Crippen molar-refractivity contribution in [3.63, 3.8) is 0 Å². The molecule has 4 N–H and O–H groups in total. The number of anilines is 1. The summed E-state index contributed by atoms with van der Waals surface area (Å²) in [7, 11) is 0. The predicted octanol–water partition coefficient (Wildman–Crippen LogP) is 0.637. The second-order valence-electron chi connectivity index (χ2n) is 2.63. The molecule has 2 aromatic rings. The van der Waals surface area contributed by atoms with Crippen LogP contribution in [0.4, 0.5) is 5.69 Å². The van der Waals surface area contributed by atoms with E-state index in [1.54, 1.807) is 18.5 Å². The van der Waals surface area contributed by atoms with Gasteiger partial charge in [-0.3, -0.25) is 0 Å². The van der Waals surface area contributed by atoms with Crippen LogP contribution in [0.2, 0.25) is 0 Å². The number of rotatable bonds is 1. The molecule has 4 heteroatoms. The number of fused-ring (bicyclic) bond motifs is 1. The lowest BCUT2D eigenvalue weighted by atomic mass is 10.1. The van der Waals surface area contributed by atoms with Crippen LogP contribution in [-0.2, 0) is 6.61 Å². The number of aromatic amines is 1. The summed E-state index contributed by atoms with van der Waals surface area (Å²) in [5.41, 5.74) is 8.67. The lowest BCUT2D eigenvalue weighted by Crippen LogP contribution is -1.93. The molecule has 0 unspecified atom stereocenters. The van der Waals surface area contributed by atoms with Crippen molar-refractivity contribution in [1.29, 1.82) is 0 Å². The molecule has 4 nitrogen and oxygen atoms in total. The molecule has 0 aliphatic heterocycles. The first-order valence-corrected chi connectivity index (χ1v) is 3.63. The fraction of sp³-hybridized carbons (Fsp3) is 0.125. The number of nitrogens with two attached hydrogens (primary N) is 1. The standard InChI is InChI=1S/C8H9N3O/c9-6-2-8-7(10-4-11-8)1-5(6)3-12/h1-2,4,12H,3,9H2,(H,10,11). The molecule has 0 saturated heterocycles. The van der Waals surface area contributed by atoms with E-state index in [4.69, 9.17) is 10.8 Å². The quantitative estimate of drug-likeness (QED) is 0.540. The van der Waals surface area contributed by atoms with Crippen LogP contribution in [0.1, 0.15) is 5.56 Å². The molecule has 0 bridgehead atoms. The first-order valence-electron chi connectivity index (χ1n) is 3.63. The Morgan fingerprint density at radius 3 is 3.08 bits per heavy atom. The van der Waals surface area contributed by atoms with Crippen molar-refractivity contribution in [2.75, 3.05) is 5.73 Å². The molecule has 1 aromatic carbocycles. The number of imidazole rings is 1. The normalized spacial score (nSPS) is 10.8. The second kappa shape index (κ2) is 2.49. The number of nitrogens with zero attached hydrogens (tertiary/aromatic N) is 1. The fourth-order valence-corrected chi connectivity index (χ4v) is 1.18. The van der Waals surface area contributed by atoms with Gasteiger partial charge in [0.25, 0.3) is 0 Å². The van der Waals surface area contributed by atoms with E-state index in [-0.39, 0.29) is 6.61 Å². The van der Waals surface area contributed by atoms with Gasteiger partial charge in [0.1, 0.15) is 0 Å². The highest BCUT2D eigenvalue weighted by Crippen LogP contribution is 2.18. The molecule has 0 fully saturated rings. The van der Waals surface area contributed by atoms with Crippen LogP contribution in [0.5, 0.6) is 0 Å². The van der Waals surface area contributed by atoms with Crippen molar-refractivity contribution < 1.29 is 5.11 Å². The average molecular weight is 163 g/mol. The number of H-pyrrole nitrogens is 1. The fourth-order valence-electron chi connectivity index (χ4n) is 1.18. The summed E-state index contributed by atoms with van der Waals surface area (Å²) in [5, 5.41) is 8.90. The molecule has 1 aromatic heterocycles. The lowest BCUT2D eigenvalue weighted by molar-refractivity contribution is 0.282. The van der Waals surface area contributed by atoms with Gasteiger partial charge in [0, 0.05) is 11.3 Å². The average Bonchev–Trinajstić information content (AvgIpc) is 2.49. The molecular formula is C8H9N3O. The van der Waals surface area contributed by atoms with Crippen molar-refractivity contribution >= 4 is 16.7 Å². The molecule has 0 radical (unpaired) electrons. The van der Waals surface area contributed by atoms with Gasteiger partial charge < -0.3 is 15.8 Å². The van der Waals surface area contributed by atoms with E-state index in [9.17, 15) is 0 Å². The number of aliphatic hydroxyl groups is 1. The lowest BCUT2D eigenvalue weighted by Gasteiger charge is -2.00. The summed E-state index contributed by atoms with van der Waals surface area (Å²) in [4.78, 5) is 6.98. The predicted molar refractivity (Wildman–Crippen MR) is 46.4 cm³/mol. The summed E-state index contributed by atoms with van der Waals surface area (Å²) in [6, 6.07) is 3.55. The number of hydrogen-bond donors (Lipinski definition) is 3. The van der Waals surface area contributed by atoms with Gasteiger partial charge in [-0.05, 0) is 12.1 Å². The Bertz CT molecular complexity index is 408. The van der Waals surface area contributed by atoms with Crippen molar-refractivity contribution in [1.82, 2.24) is 9.97 Å². The molecular weight excluding hydrogens is 154 g/mol. The highest BCUT2D eigenvalue weighted by Gasteiger charge is 2.01. The third-order valence-electron chi connectivity index (χ3n) is 1.85. The zero-order valence-electron chi connectivity index (χ0n) is 6.41. The van der Waals surface area contributed by atoms with E-state index in [0.717, 1.165) is 16.6 Å². The Morgan fingerprint density at radius 1 is 1.50 bits per heavy atom. The van der Waals surface area contributed by atoms with Gasteiger partial charge in [0.05, 0.1) is 24.0 Å². The maximum atomic E-state index is 8.90. The van der Waals surface area contributed by atoms with Crippen molar-refractivity contribution in [3.05, 3.63) is 24.0 Å².